The van der Waals surface area contributed by atoms with Gasteiger partial charge in [0.2, 0.25) is 0 Å². The molecule has 0 fully saturated rings. The van der Waals surface area contributed by atoms with Gasteiger partial charge >= 0.3 is 5.97 Å². The van der Waals surface area contributed by atoms with E-state index in [2.05, 4.69) is 4.72 Å². The Morgan fingerprint density at radius 3 is 2.54 bits per heavy atom. The minimum absolute atomic E-state index is 0.0154. The first kappa shape index (κ1) is 16.7. The molecule has 124 valence electrons. The van der Waals surface area contributed by atoms with Gasteiger partial charge in [-0.25, -0.2) is 13.2 Å². The van der Waals surface area contributed by atoms with E-state index >= 15 is 0 Å². The maximum absolute atomic E-state index is 12.6. The molecule has 0 amide bonds. The summed E-state index contributed by atoms with van der Waals surface area (Å²) in [5.41, 5.74) is 1.67. The van der Waals surface area contributed by atoms with Gasteiger partial charge in [-0.3, -0.25) is 4.72 Å². The Labute approximate surface area is 147 Å². The largest absolute Gasteiger partial charge is 0.477 e. The molecule has 0 radical (unpaired) electrons. The van der Waals surface area contributed by atoms with E-state index < -0.39 is 16.0 Å². The molecular formula is C16H13NO4S3. The van der Waals surface area contributed by atoms with E-state index in [0.29, 0.717) is 11.3 Å². The number of para-hydroxylation sites is 1. The highest BCUT2D eigenvalue weighted by molar-refractivity contribution is 7.94. The first-order chi connectivity index (χ1) is 11.4. The molecule has 0 saturated carbocycles. The monoisotopic (exact) mass is 379 g/mol. The number of hydrogen-bond donors (Lipinski definition) is 2. The zero-order valence-electron chi connectivity index (χ0n) is 12.5. The summed E-state index contributed by atoms with van der Waals surface area (Å²) in [6, 6.07) is 12.3. The predicted octanol–water partition coefficient (Wildman–Crippen LogP) is 4.28. The number of aryl methyl sites for hydroxylation is 1. The van der Waals surface area contributed by atoms with E-state index in [0.717, 1.165) is 21.8 Å². The van der Waals surface area contributed by atoms with Crippen molar-refractivity contribution in [2.75, 3.05) is 4.72 Å². The van der Waals surface area contributed by atoms with Crippen LogP contribution in [0.3, 0.4) is 0 Å². The van der Waals surface area contributed by atoms with Crippen LogP contribution < -0.4 is 4.72 Å². The molecule has 0 aliphatic carbocycles. The normalized spacial score (nSPS) is 11.4. The predicted molar refractivity (Wildman–Crippen MR) is 96.6 cm³/mol. The lowest BCUT2D eigenvalue weighted by atomic mass is 10.1. The molecule has 1 aromatic carbocycles. The molecule has 0 bridgehead atoms. The first-order valence-corrected chi connectivity index (χ1v) is 10.1. The van der Waals surface area contributed by atoms with Crippen LogP contribution in [0.4, 0.5) is 5.69 Å². The lowest BCUT2D eigenvalue weighted by molar-refractivity contribution is 0.0701. The van der Waals surface area contributed by atoms with Crippen LogP contribution in [0.25, 0.3) is 10.4 Å². The van der Waals surface area contributed by atoms with Crippen LogP contribution in [-0.4, -0.2) is 19.5 Å². The Hall–Kier alpha value is -2.16. The van der Waals surface area contributed by atoms with Crippen molar-refractivity contribution >= 4 is 44.4 Å². The third kappa shape index (κ3) is 3.21. The molecule has 0 aliphatic heterocycles. The fraction of sp³-hybridized carbons (Fsp3) is 0.0625. The van der Waals surface area contributed by atoms with Gasteiger partial charge in [-0.1, -0.05) is 24.3 Å². The first-order valence-electron chi connectivity index (χ1n) is 6.88. The van der Waals surface area contributed by atoms with Crippen molar-refractivity contribution in [1.29, 1.82) is 0 Å². The highest BCUT2D eigenvalue weighted by Crippen LogP contribution is 2.34. The fourth-order valence-corrected chi connectivity index (χ4v) is 5.44. The van der Waals surface area contributed by atoms with Crippen LogP contribution in [0.2, 0.25) is 0 Å². The molecule has 5 nitrogen and oxygen atoms in total. The second-order valence-electron chi connectivity index (χ2n) is 5.01. The van der Waals surface area contributed by atoms with Gasteiger partial charge in [0.15, 0.2) is 0 Å². The summed E-state index contributed by atoms with van der Waals surface area (Å²) in [6.07, 6.45) is 0. The highest BCUT2D eigenvalue weighted by Gasteiger charge is 2.22. The molecule has 0 atom stereocenters. The van der Waals surface area contributed by atoms with Crippen LogP contribution in [0.15, 0.2) is 52.1 Å². The van der Waals surface area contributed by atoms with E-state index in [9.17, 15) is 13.2 Å². The van der Waals surface area contributed by atoms with E-state index in [1.807, 2.05) is 29.6 Å². The Kier molecular flexibility index (Phi) is 4.44. The van der Waals surface area contributed by atoms with Crippen molar-refractivity contribution < 1.29 is 18.3 Å². The molecule has 2 heterocycles. The Balaban J connectivity index is 1.99. The molecule has 2 N–H and O–H groups in total. The minimum Gasteiger partial charge on any atom is -0.477 e. The van der Waals surface area contributed by atoms with E-state index in [1.54, 1.807) is 19.1 Å². The second kappa shape index (κ2) is 6.39. The number of carboxylic acids is 1. The number of anilines is 1. The van der Waals surface area contributed by atoms with Gasteiger partial charge in [0.05, 0.1) is 5.69 Å². The molecule has 0 unspecified atom stereocenters. The molecule has 8 heteroatoms. The van der Waals surface area contributed by atoms with Crippen molar-refractivity contribution in [3.8, 4) is 10.4 Å². The average Bonchev–Trinajstić information content (AvgIpc) is 3.17. The number of sulfonamides is 1. The number of rotatable bonds is 5. The van der Waals surface area contributed by atoms with E-state index in [-0.39, 0.29) is 9.09 Å². The van der Waals surface area contributed by atoms with Gasteiger partial charge < -0.3 is 5.11 Å². The van der Waals surface area contributed by atoms with Crippen molar-refractivity contribution in [2.24, 2.45) is 0 Å². The van der Waals surface area contributed by atoms with Crippen LogP contribution >= 0.6 is 22.7 Å². The Bertz CT molecular complexity index is 988. The Morgan fingerprint density at radius 2 is 1.92 bits per heavy atom. The van der Waals surface area contributed by atoms with Gasteiger partial charge in [0.25, 0.3) is 10.0 Å². The summed E-state index contributed by atoms with van der Waals surface area (Å²) in [7, 11) is -3.85. The van der Waals surface area contributed by atoms with Gasteiger partial charge in [-0.2, -0.15) is 0 Å². The molecule has 24 heavy (non-hydrogen) atoms. The summed E-state index contributed by atoms with van der Waals surface area (Å²) in [4.78, 5) is 12.1. The van der Waals surface area contributed by atoms with E-state index in [4.69, 9.17) is 5.11 Å². The number of carbonyl (C=O) groups is 1. The van der Waals surface area contributed by atoms with Crippen molar-refractivity contribution in [1.82, 2.24) is 0 Å². The van der Waals surface area contributed by atoms with Gasteiger partial charge in [0.1, 0.15) is 9.09 Å². The molecule has 2 aromatic heterocycles. The minimum atomic E-state index is -3.85. The highest BCUT2D eigenvalue weighted by atomic mass is 32.2. The molecule has 0 spiro atoms. The summed E-state index contributed by atoms with van der Waals surface area (Å²) < 4.78 is 27.8. The third-order valence-corrected chi connectivity index (χ3v) is 7.28. The number of hydrogen-bond acceptors (Lipinski definition) is 5. The van der Waals surface area contributed by atoms with Gasteiger partial charge in [-0.05, 0) is 36.1 Å². The number of benzene rings is 1. The number of nitrogens with one attached hydrogen (secondary N) is 1. The SMILES string of the molecule is Cc1cc(S(=O)(=O)Nc2ccccc2-c2cccs2)sc1C(=O)O. The maximum atomic E-state index is 12.6. The summed E-state index contributed by atoms with van der Waals surface area (Å²) >= 11 is 2.26. The van der Waals surface area contributed by atoms with Crippen LogP contribution in [0, 0.1) is 6.92 Å². The van der Waals surface area contributed by atoms with Crippen molar-refractivity contribution in [3.05, 3.63) is 58.3 Å². The molecule has 0 aliphatic rings. The number of aromatic carboxylic acids is 1. The smallest absolute Gasteiger partial charge is 0.346 e. The van der Waals surface area contributed by atoms with Crippen LogP contribution in [0.5, 0.6) is 0 Å². The molecule has 3 aromatic rings. The molecule has 0 saturated heterocycles. The van der Waals surface area contributed by atoms with Gasteiger partial charge in [0, 0.05) is 10.4 Å². The standard InChI is InChI=1S/C16H13NO4S3/c1-10-9-14(23-15(10)16(18)19)24(20,21)17-12-6-3-2-5-11(12)13-7-4-8-22-13/h2-9,17H,1H3,(H,18,19). The van der Waals surface area contributed by atoms with Crippen LogP contribution in [-0.2, 0) is 10.0 Å². The average molecular weight is 379 g/mol. The maximum Gasteiger partial charge on any atom is 0.346 e. The van der Waals surface area contributed by atoms with Gasteiger partial charge in [-0.15, -0.1) is 22.7 Å². The zero-order valence-corrected chi connectivity index (χ0v) is 15.0. The second-order valence-corrected chi connectivity index (χ2v) is 8.92. The quantitative estimate of drug-likeness (QED) is 0.693. The van der Waals surface area contributed by atoms with Crippen molar-refractivity contribution in [3.63, 3.8) is 0 Å². The number of carboxylic acid groups (broad SMARTS) is 1. The third-order valence-electron chi connectivity index (χ3n) is 3.31. The van der Waals surface area contributed by atoms with Crippen molar-refractivity contribution in [2.45, 2.75) is 11.1 Å². The molecule has 3 rings (SSSR count). The van der Waals surface area contributed by atoms with Crippen LogP contribution in [0.1, 0.15) is 15.2 Å². The summed E-state index contributed by atoms with van der Waals surface area (Å²) in [6.45, 7) is 1.58. The molecular weight excluding hydrogens is 366 g/mol. The Morgan fingerprint density at radius 1 is 1.17 bits per heavy atom. The fourth-order valence-electron chi connectivity index (χ4n) is 2.21. The zero-order chi connectivity index (χ0) is 17.3. The lowest BCUT2D eigenvalue weighted by Gasteiger charge is -2.10. The summed E-state index contributed by atoms with van der Waals surface area (Å²) in [5, 5.41) is 11.0. The summed E-state index contributed by atoms with van der Waals surface area (Å²) in [5.74, 6) is -1.13. The topological polar surface area (TPSA) is 83.5 Å². The van der Waals surface area contributed by atoms with E-state index in [1.165, 1.54) is 17.4 Å². The number of thiophene rings is 2. The lowest BCUT2D eigenvalue weighted by Crippen LogP contribution is -2.12.